The van der Waals surface area contributed by atoms with E-state index in [4.69, 9.17) is 0 Å². The fourth-order valence-corrected chi connectivity index (χ4v) is 1.57. The number of rotatable bonds is 3. The van der Waals surface area contributed by atoms with Gasteiger partial charge in [0, 0.05) is 18.3 Å². The van der Waals surface area contributed by atoms with Crippen molar-refractivity contribution in [2.45, 2.75) is 6.42 Å². The summed E-state index contributed by atoms with van der Waals surface area (Å²) < 4.78 is 4.62. The van der Waals surface area contributed by atoms with Crippen LogP contribution in [0, 0.1) is 0 Å². The third-order valence-corrected chi connectivity index (χ3v) is 2.47. The van der Waals surface area contributed by atoms with Crippen molar-refractivity contribution in [3.05, 3.63) is 65.5 Å². The maximum Gasteiger partial charge on any atom is 0.339 e. The minimum atomic E-state index is -0.358. The normalized spacial score (nSPS) is 9.94. The zero-order valence-corrected chi connectivity index (χ0v) is 9.59. The van der Waals surface area contributed by atoms with E-state index < -0.39 is 0 Å². The van der Waals surface area contributed by atoms with Crippen molar-refractivity contribution in [1.29, 1.82) is 0 Å². The summed E-state index contributed by atoms with van der Waals surface area (Å²) in [7, 11) is 1.36. The van der Waals surface area contributed by atoms with Gasteiger partial charge in [0.2, 0.25) is 0 Å². The molecule has 0 aliphatic heterocycles. The summed E-state index contributed by atoms with van der Waals surface area (Å²) >= 11 is 0. The van der Waals surface area contributed by atoms with Crippen LogP contribution in [0.15, 0.2) is 48.7 Å². The molecule has 2 rings (SSSR count). The van der Waals surface area contributed by atoms with Crippen LogP contribution in [0.1, 0.15) is 21.6 Å². The highest BCUT2D eigenvalue weighted by atomic mass is 16.5. The van der Waals surface area contributed by atoms with Gasteiger partial charge >= 0.3 is 5.97 Å². The van der Waals surface area contributed by atoms with Crippen LogP contribution in [0.2, 0.25) is 0 Å². The van der Waals surface area contributed by atoms with Crippen molar-refractivity contribution < 1.29 is 9.53 Å². The van der Waals surface area contributed by atoms with E-state index in [-0.39, 0.29) is 5.97 Å². The highest BCUT2D eigenvalue weighted by Gasteiger charge is 2.05. The smallest absolute Gasteiger partial charge is 0.339 e. The summed E-state index contributed by atoms with van der Waals surface area (Å²) in [6, 6.07) is 13.7. The number of carbonyl (C=O) groups excluding carboxylic acids is 1. The molecule has 1 aromatic heterocycles. The number of hydrogen-bond acceptors (Lipinski definition) is 3. The van der Waals surface area contributed by atoms with Crippen LogP contribution in [0.3, 0.4) is 0 Å². The van der Waals surface area contributed by atoms with Gasteiger partial charge in [-0.1, -0.05) is 30.3 Å². The number of ether oxygens (including phenoxy) is 1. The predicted octanol–water partition coefficient (Wildman–Crippen LogP) is 2.46. The number of carbonyl (C=O) groups is 1. The molecule has 0 aliphatic rings. The summed E-state index contributed by atoms with van der Waals surface area (Å²) in [6.07, 6.45) is 2.31. The second kappa shape index (κ2) is 5.25. The van der Waals surface area contributed by atoms with Crippen LogP contribution < -0.4 is 0 Å². The molecule has 17 heavy (non-hydrogen) atoms. The molecule has 0 radical (unpaired) electrons. The van der Waals surface area contributed by atoms with Crippen molar-refractivity contribution >= 4 is 5.97 Å². The van der Waals surface area contributed by atoms with E-state index in [9.17, 15) is 4.79 Å². The van der Waals surface area contributed by atoms with Gasteiger partial charge in [-0.15, -0.1) is 0 Å². The first-order valence-corrected chi connectivity index (χ1v) is 5.37. The number of hydrogen-bond donors (Lipinski definition) is 0. The van der Waals surface area contributed by atoms with Crippen LogP contribution in [0.25, 0.3) is 0 Å². The lowest BCUT2D eigenvalue weighted by molar-refractivity contribution is 0.0600. The van der Waals surface area contributed by atoms with E-state index in [1.54, 1.807) is 12.3 Å². The zero-order chi connectivity index (χ0) is 12.1. The van der Waals surface area contributed by atoms with Gasteiger partial charge in [-0.2, -0.15) is 0 Å². The molecule has 0 spiro atoms. The molecule has 0 atom stereocenters. The van der Waals surface area contributed by atoms with Crippen molar-refractivity contribution in [2.24, 2.45) is 0 Å². The number of methoxy groups -OCH3 is 1. The second-order valence-corrected chi connectivity index (χ2v) is 3.69. The van der Waals surface area contributed by atoms with E-state index in [1.807, 2.05) is 24.3 Å². The van der Waals surface area contributed by atoms with E-state index in [0.29, 0.717) is 5.56 Å². The molecule has 0 amide bonds. The Kier molecular flexibility index (Phi) is 3.50. The van der Waals surface area contributed by atoms with E-state index >= 15 is 0 Å². The first-order valence-electron chi connectivity index (χ1n) is 5.37. The first kappa shape index (κ1) is 11.3. The number of aromatic nitrogens is 1. The maximum absolute atomic E-state index is 11.2. The predicted molar refractivity (Wildman–Crippen MR) is 64.8 cm³/mol. The molecular formula is C14H13NO2. The van der Waals surface area contributed by atoms with Gasteiger partial charge in [-0.05, 0) is 17.7 Å². The molecule has 0 aliphatic carbocycles. The SMILES string of the molecule is COC(=O)c1ccc(Cc2ccccc2)nc1. The molecule has 0 unspecified atom stereocenters. The Morgan fingerprint density at radius 1 is 1.18 bits per heavy atom. The summed E-state index contributed by atoms with van der Waals surface area (Å²) in [5, 5.41) is 0. The molecule has 3 nitrogen and oxygen atoms in total. The molecule has 1 aromatic carbocycles. The number of benzene rings is 1. The van der Waals surface area contributed by atoms with Gasteiger partial charge in [0.15, 0.2) is 0 Å². The zero-order valence-electron chi connectivity index (χ0n) is 9.59. The highest BCUT2D eigenvalue weighted by molar-refractivity contribution is 5.88. The Morgan fingerprint density at radius 2 is 1.94 bits per heavy atom. The van der Waals surface area contributed by atoms with Crippen LogP contribution >= 0.6 is 0 Å². The van der Waals surface area contributed by atoms with Crippen molar-refractivity contribution in [3.63, 3.8) is 0 Å². The van der Waals surface area contributed by atoms with Crippen molar-refractivity contribution in [2.75, 3.05) is 7.11 Å². The van der Waals surface area contributed by atoms with Crippen LogP contribution in [0.5, 0.6) is 0 Å². The highest BCUT2D eigenvalue weighted by Crippen LogP contribution is 2.08. The Hall–Kier alpha value is -2.16. The topological polar surface area (TPSA) is 39.2 Å². The first-order chi connectivity index (χ1) is 8.29. The average Bonchev–Trinajstić information content (AvgIpc) is 2.40. The maximum atomic E-state index is 11.2. The van der Waals surface area contributed by atoms with Gasteiger partial charge in [0.05, 0.1) is 12.7 Å². The van der Waals surface area contributed by atoms with Gasteiger partial charge in [-0.25, -0.2) is 4.79 Å². The van der Waals surface area contributed by atoms with Crippen molar-refractivity contribution in [3.8, 4) is 0 Å². The molecule has 0 saturated carbocycles. The number of esters is 1. The lowest BCUT2D eigenvalue weighted by Crippen LogP contribution is -2.02. The Balaban J connectivity index is 2.11. The quantitative estimate of drug-likeness (QED) is 0.756. The summed E-state index contributed by atoms with van der Waals surface area (Å²) in [6.45, 7) is 0. The van der Waals surface area contributed by atoms with Gasteiger partial charge in [-0.3, -0.25) is 4.98 Å². The third-order valence-electron chi connectivity index (χ3n) is 2.47. The summed E-state index contributed by atoms with van der Waals surface area (Å²) in [4.78, 5) is 15.5. The number of pyridine rings is 1. The number of nitrogens with zero attached hydrogens (tertiary/aromatic N) is 1. The Bertz CT molecular complexity index is 491. The minimum absolute atomic E-state index is 0.358. The summed E-state index contributed by atoms with van der Waals surface area (Å²) in [5.41, 5.74) is 2.61. The fourth-order valence-electron chi connectivity index (χ4n) is 1.57. The molecule has 0 N–H and O–H groups in total. The van der Waals surface area contributed by atoms with Gasteiger partial charge < -0.3 is 4.74 Å². The molecule has 3 heteroatoms. The monoisotopic (exact) mass is 227 g/mol. The lowest BCUT2D eigenvalue weighted by atomic mass is 10.1. The average molecular weight is 227 g/mol. The van der Waals surface area contributed by atoms with E-state index in [2.05, 4.69) is 21.9 Å². The molecule has 1 heterocycles. The molecule has 0 fully saturated rings. The molecule has 86 valence electrons. The Morgan fingerprint density at radius 3 is 2.53 bits per heavy atom. The molecular weight excluding hydrogens is 214 g/mol. The minimum Gasteiger partial charge on any atom is -0.465 e. The van der Waals surface area contributed by atoms with E-state index in [0.717, 1.165) is 12.1 Å². The molecule has 2 aromatic rings. The second-order valence-electron chi connectivity index (χ2n) is 3.69. The van der Waals surface area contributed by atoms with Gasteiger partial charge in [0.25, 0.3) is 0 Å². The summed E-state index contributed by atoms with van der Waals surface area (Å²) in [5.74, 6) is -0.358. The standard InChI is InChI=1S/C14H13NO2/c1-17-14(16)12-7-8-13(15-10-12)9-11-5-3-2-4-6-11/h2-8,10H,9H2,1H3. The van der Waals surface area contributed by atoms with Crippen LogP contribution in [-0.2, 0) is 11.2 Å². The van der Waals surface area contributed by atoms with Crippen LogP contribution in [0.4, 0.5) is 0 Å². The largest absolute Gasteiger partial charge is 0.465 e. The van der Waals surface area contributed by atoms with Crippen LogP contribution in [-0.4, -0.2) is 18.1 Å². The van der Waals surface area contributed by atoms with Crippen molar-refractivity contribution in [1.82, 2.24) is 4.98 Å². The third kappa shape index (κ3) is 2.91. The van der Waals surface area contributed by atoms with E-state index in [1.165, 1.54) is 12.7 Å². The fraction of sp³-hybridized carbons (Fsp3) is 0.143. The molecule has 0 bridgehead atoms. The molecule has 0 saturated heterocycles. The van der Waals surface area contributed by atoms with Gasteiger partial charge in [0.1, 0.15) is 0 Å². The lowest BCUT2D eigenvalue weighted by Gasteiger charge is -2.02. The Labute approximate surface area is 100 Å².